The van der Waals surface area contributed by atoms with Crippen molar-refractivity contribution >= 4 is 23.7 Å². The number of hydrogen-bond donors (Lipinski definition) is 2. The quantitative estimate of drug-likeness (QED) is 0.771. The molecule has 1 atom stereocenters. The predicted molar refractivity (Wildman–Crippen MR) is 98.1 cm³/mol. The minimum Gasteiger partial charge on any atom is -0.368 e. The van der Waals surface area contributed by atoms with Gasteiger partial charge in [0.1, 0.15) is 0 Å². The number of anilines is 2. The number of rotatable bonds is 6. The Morgan fingerprint density at radius 2 is 1.96 bits per heavy atom. The molecule has 0 amide bonds. The monoisotopic (exact) mass is 349 g/mol. The maximum absolute atomic E-state index is 14.0. The topological polar surface area (TPSA) is 76.7 Å². The first-order valence-electron chi connectivity index (χ1n) is 7.82. The minimum absolute atomic E-state index is 0.0163. The molecule has 0 aliphatic rings. The van der Waals surface area contributed by atoms with Crippen LogP contribution in [0.2, 0.25) is 0 Å². The van der Waals surface area contributed by atoms with Gasteiger partial charge in [0.05, 0.1) is 0 Å². The fourth-order valence-electron chi connectivity index (χ4n) is 2.06. The van der Waals surface area contributed by atoms with Crippen molar-refractivity contribution < 1.29 is 4.39 Å². The molecule has 1 heterocycles. The summed E-state index contributed by atoms with van der Waals surface area (Å²) in [5.74, 6) is 1.18. The van der Waals surface area contributed by atoms with Gasteiger partial charge in [0, 0.05) is 16.7 Å². The lowest BCUT2D eigenvalue weighted by atomic mass is 10.1. The van der Waals surface area contributed by atoms with E-state index >= 15 is 0 Å². The Morgan fingerprint density at radius 1 is 1.25 bits per heavy atom. The van der Waals surface area contributed by atoms with Crippen molar-refractivity contribution in [3.63, 3.8) is 0 Å². The molecule has 2 rings (SSSR count). The van der Waals surface area contributed by atoms with E-state index in [1.807, 2.05) is 6.92 Å². The average Bonchev–Trinajstić information content (AvgIpc) is 2.46. The molecule has 5 nitrogen and oxygen atoms in total. The molecule has 0 saturated heterocycles. The molecule has 0 radical (unpaired) electrons. The van der Waals surface area contributed by atoms with Crippen LogP contribution in [0, 0.1) is 13.8 Å². The number of hydrogen-bond acceptors (Lipinski definition) is 6. The third kappa shape index (κ3) is 5.06. The van der Waals surface area contributed by atoms with Crippen LogP contribution in [0.3, 0.4) is 0 Å². The first-order chi connectivity index (χ1) is 11.1. The van der Waals surface area contributed by atoms with E-state index in [0.717, 1.165) is 5.75 Å². The van der Waals surface area contributed by atoms with Crippen LogP contribution in [0.1, 0.15) is 37.7 Å². The third-order valence-corrected chi connectivity index (χ3v) is 4.81. The summed E-state index contributed by atoms with van der Waals surface area (Å²) in [4.78, 5) is 13.3. The highest BCUT2D eigenvalue weighted by atomic mass is 32.2. The normalized spacial score (nSPS) is 12.9. The molecule has 130 valence electrons. The molecule has 2 aromatic rings. The van der Waals surface area contributed by atoms with Gasteiger partial charge in [-0.1, -0.05) is 17.7 Å². The predicted octanol–water partition coefficient (Wildman–Crippen LogP) is 3.87. The summed E-state index contributed by atoms with van der Waals surface area (Å²) >= 11 is 1.76. The molecule has 0 aliphatic heterocycles. The summed E-state index contributed by atoms with van der Waals surface area (Å²) in [6, 6.07) is 6.50. The number of nitrogens with two attached hydrogens (primary N) is 1. The van der Waals surface area contributed by atoms with Crippen molar-refractivity contribution in [3.05, 3.63) is 35.2 Å². The van der Waals surface area contributed by atoms with Crippen LogP contribution < -0.4 is 11.1 Å². The zero-order valence-corrected chi connectivity index (χ0v) is 15.5. The van der Waals surface area contributed by atoms with Crippen molar-refractivity contribution in [1.82, 2.24) is 15.0 Å². The zero-order valence-electron chi connectivity index (χ0n) is 14.7. The number of alkyl halides is 1. The Morgan fingerprint density at radius 3 is 2.62 bits per heavy atom. The summed E-state index contributed by atoms with van der Waals surface area (Å²) < 4.78 is 14.0. The Balaban J connectivity index is 2.03. The number of aromatic nitrogens is 3. The molecule has 1 unspecified atom stereocenters. The molecule has 3 N–H and O–H groups in total. The van der Waals surface area contributed by atoms with Crippen molar-refractivity contribution in [2.45, 2.75) is 51.2 Å². The number of nitrogens with one attached hydrogen (secondary N) is 1. The standard InChI is InChI=1S/C17H24FN5S/c1-10-6-7-11(2)13(8-10)24-9-12(3)20-16-22-14(17(4,5)18)21-15(19)23-16/h6-8,12H,9H2,1-5H3,(H3,19,20,21,22,23). The van der Waals surface area contributed by atoms with E-state index in [2.05, 4.69) is 52.3 Å². The van der Waals surface area contributed by atoms with Gasteiger partial charge in [0.15, 0.2) is 11.5 Å². The third-order valence-electron chi connectivity index (χ3n) is 3.39. The SMILES string of the molecule is Cc1ccc(C)c(SCC(C)Nc2nc(N)nc(C(C)(C)F)n2)c1. The van der Waals surface area contributed by atoms with Crippen LogP contribution in [-0.2, 0) is 5.67 Å². The summed E-state index contributed by atoms with van der Waals surface area (Å²) in [5, 5.41) is 3.17. The molecular weight excluding hydrogens is 325 g/mol. The van der Waals surface area contributed by atoms with Gasteiger partial charge >= 0.3 is 0 Å². The summed E-state index contributed by atoms with van der Waals surface area (Å²) in [7, 11) is 0. The maximum Gasteiger partial charge on any atom is 0.228 e. The Kier molecular flexibility index (Phi) is 5.64. The lowest BCUT2D eigenvalue weighted by molar-refractivity contribution is 0.206. The second-order valence-electron chi connectivity index (χ2n) is 6.44. The number of nitrogen functional groups attached to an aromatic ring is 1. The Hall–Kier alpha value is -1.89. The smallest absolute Gasteiger partial charge is 0.228 e. The maximum atomic E-state index is 14.0. The summed E-state index contributed by atoms with van der Waals surface area (Å²) in [6.45, 7) is 9.00. The lowest BCUT2D eigenvalue weighted by Crippen LogP contribution is -2.23. The molecule has 1 aromatic heterocycles. The van der Waals surface area contributed by atoms with Gasteiger partial charge in [-0.2, -0.15) is 15.0 Å². The van der Waals surface area contributed by atoms with E-state index in [1.54, 1.807) is 11.8 Å². The minimum atomic E-state index is -1.66. The zero-order chi connectivity index (χ0) is 17.9. The van der Waals surface area contributed by atoms with Crippen LogP contribution in [0.15, 0.2) is 23.1 Å². The molecule has 24 heavy (non-hydrogen) atoms. The molecule has 0 fully saturated rings. The largest absolute Gasteiger partial charge is 0.368 e. The van der Waals surface area contributed by atoms with Gasteiger partial charge in [-0.25, -0.2) is 4.39 Å². The Bertz CT molecular complexity index is 715. The summed E-state index contributed by atoms with van der Waals surface area (Å²) in [6.07, 6.45) is 0. The first kappa shape index (κ1) is 18.4. The number of thioether (sulfide) groups is 1. The van der Waals surface area contributed by atoms with Crippen LogP contribution in [0.4, 0.5) is 16.3 Å². The van der Waals surface area contributed by atoms with E-state index in [1.165, 1.54) is 29.9 Å². The van der Waals surface area contributed by atoms with Crippen LogP contribution in [0.25, 0.3) is 0 Å². The number of halogens is 1. The van der Waals surface area contributed by atoms with Crippen LogP contribution >= 0.6 is 11.8 Å². The van der Waals surface area contributed by atoms with Gasteiger partial charge in [0.2, 0.25) is 11.9 Å². The van der Waals surface area contributed by atoms with E-state index in [0.29, 0.717) is 5.95 Å². The highest BCUT2D eigenvalue weighted by Gasteiger charge is 2.24. The molecule has 0 bridgehead atoms. The van der Waals surface area contributed by atoms with Crippen molar-refractivity contribution in [3.8, 4) is 0 Å². The summed E-state index contributed by atoms with van der Waals surface area (Å²) in [5.41, 5.74) is 6.49. The fourth-order valence-corrected chi connectivity index (χ4v) is 3.14. The van der Waals surface area contributed by atoms with Gasteiger partial charge in [0.25, 0.3) is 0 Å². The molecular formula is C17H24FN5S. The fraction of sp³-hybridized carbons (Fsp3) is 0.471. The van der Waals surface area contributed by atoms with Gasteiger partial charge in [-0.15, -0.1) is 11.8 Å². The van der Waals surface area contributed by atoms with E-state index < -0.39 is 5.67 Å². The molecule has 0 aliphatic carbocycles. The van der Waals surface area contributed by atoms with E-state index in [4.69, 9.17) is 5.73 Å². The lowest BCUT2D eigenvalue weighted by Gasteiger charge is -2.17. The second kappa shape index (κ2) is 7.34. The highest BCUT2D eigenvalue weighted by molar-refractivity contribution is 7.99. The number of nitrogens with zero attached hydrogens (tertiary/aromatic N) is 3. The molecule has 1 aromatic carbocycles. The van der Waals surface area contributed by atoms with Gasteiger partial charge in [-0.05, 0) is 46.2 Å². The van der Waals surface area contributed by atoms with E-state index in [9.17, 15) is 4.39 Å². The molecule has 7 heteroatoms. The van der Waals surface area contributed by atoms with Gasteiger partial charge in [-0.3, -0.25) is 0 Å². The van der Waals surface area contributed by atoms with Crippen molar-refractivity contribution in [2.75, 3.05) is 16.8 Å². The highest BCUT2D eigenvalue weighted by Crippen LogP contribution is 2.25. The Labute approximate surface area is 146 Å². The van der Waals surface area contributed by atoms with Gasteiger partial charge < -0.3 is 11.1 Å². The number of aryl methyl sites for hydroxylation is 2. The van der Waals surface area contributed by atoms with Crippen molar-refractivity contribution in [1.29, 1.82) is 0 Å². The number of benzene rings is 1. The first-order valence-corrected chi connectivity index (χ1v) is 8.81. The van der Waals surface area contributed by atoms with Crippen LogP contribution in [0.5, 0.6) is 0 Å². The molecule has 0 spiro atoms. The second-order valence-corrected chi connectivity index (χ2v) is 7.50. The van der Waals surface area contributed by atoms with Crippen LogP contribution in [-0.4, -0.2) is 26.7 Å². The molecule has 0 saturated carbocycles. The van der Waals surface area contributed by atoms with E-state index in [-0.39, 0.29) is 17.8 Å². The van der Waals surface area contributed by atoms with Crippen molar-refractivity contribution in [2.24, 2.45) is 0 Å². The average molecular weight is 349 g/mol.